The summed E-state index contributed by atoms with van der Waals surface area (Å²) in [5.41, 5.74) is 1.69. The van der Waals surface area contributed by atoms with Gasteiger partial charge in [-0.1, -0.05) is 18.2 Å². The van der Waals surface area contributed by atoms with Crippen molar-refractivity contribution in [3.8, 4) is 0 Å². The molecule has 5 nitrogen and oxygen atoms in total. The summed E-state index contributed by atoms with van der Waals surface area (Å²) in [6, 6.07) is 7.79. The Labute approximate surface area is 122 Å². The second-order valence-electron chi connectivity index (χ2n) is 5.59. The molecule has 1 aromatic carbocycles. The van der Waals surface area contributed by atoms with Gasteiger partial charge in [0.2, 0.25) is 0 Å². The fourth-order valence-corrected chi connectivity index (χ4v) is 3.09. The number of likely N-dealkylation sites (tertiary alicyclic amines) is 1. The lowest BCUT2D eigenvalue weighted by atomic mass is 9.99. The highest BCUT2D eigenvalue weighted by Gasteiger charge is 2.25. The van der Waals surface area contributed by atoms with Gasteiger partial charge in [-0.2, -0.15) is 0 Å². The summed E-state index contributed by atoms with van der Waals surface area (Å²) in [5.74, 6) is -1.00. The fraction of sp³-hybridized carbons (Fsp3) is 0.375. The van der Waals surface area contributed by atoms with Crippen molar-refractivity contribution in [2.24, 2.45) is 5.92 Å². The molecule has 3 rings (SSSR count). The van der Waals surface area contributed by atoms with Gasteiger partial charge in [-0.05, 0) is 25.5 Å². The van der Waals surface area contributed by atoms with Crippen LogP contribution in [0.1, 0.15) is 23.2 Å². The van der Waals surface area contributed by atoms with E-state index in [0.717, 1.165) is 36.6 Å². The van der Waals surface area contributed by atoms with E-state index >= 15 is 0 Å². The van der Waals surface area contributed by atoms with Crippen LogP contribution in [-0.2, 0) is 11.5 Å². The van der Waals surface area contributed by atoms with Crippen LogP contribution < -0.4 is 0 Å². The Balaban J connectivity index is 1.85. The van der Waals surface area contributed by atoms with Gasteiger partial charge in [0, 0.05) is 29.2 Å². The van der Waals surface area contributed by atoms with Gasteiger partial charge < -0.3 is 9.67 Å². The predicted molar refractivity (Wildman–Crippen MR) is 79.3 cm³/mol. The molecule has 2 heterocycles. The second kappa shape index (κ2) is 5.69. The van der Waals surface area contributed by atoms with Crippen molar-refractivity contribution in [2.45, 2.75) is 19.5 Å². The normalized spacial score (nSPS) is 19.7. The van der Waals surface area contributed by atoms with Crippen LogP contribution in [-0.4, -0.2) is 39.9 Å². The molecule has 0 saturated carbocycles. The van der Waals surface area contributed by atoms with Gasteiger partial charge in [-0.15, -0.1) is 0 Å². The average molecular weight is 286 g/mol. The number of aldehydes is 1. The van der Waals surface area contributed by atoms with Gasteiger partial charge in [-0.3, -0.25) is 14.5 Å². The van der Waals surface area contributed by atoms with Crippen molar-refractivity contribution < 1.29 is 14.7 Å². The summed E-state index contributed by atoms with van der Waals surface area (Å²) < 4.78 is 2.03. The van der Waals surface area contributed by atoms with Crippen LogP contribution in [0.15, 0.2) is 30.5 Å². The third kappa shape index (κ3) is 2.69. The maximum atomic E-state index is 11.2. The minimum Gasteiger partial charge on any atom is -0.481 e. The molecule has 0 bridgehead atoms. The van der Waals surface area contributed by atoms with E-state index in [0.29, 0.717) is 18.8 Å². The van der Waals surface area contributed by atoms with Crippen LogP contribution in [0.5, 0.6) is 0 Å². The van der Waals surface area contributed by atoms with Crippen molar-refractivity contribution in [3.63, 3.8) is 0 Å². The van der Waals surface area contributed by atoms with Crippen molar-refractivity contribution in [2.75, 3.05) is 13.1 Å². The van der Waals surface area contributed by atoms with Gasteiger partial charge in [0.25, 0.3) is 0 Å². The summed E-state index contributed by atoms with van der Waals surface area (Å²) in [7, 11) is 0. The lowest BCUT2D eigenvalue weighted by Crippen LogP contribution is -2.39. The lowest BCUT2D eigenvalue weighted by Gasteiger charge is -2.31. The number of hydrogen-bond donors (Lipinski definition) is 1. The van der Waals surface area contributed by atoms with Crippen molar-refractivity contribution in [3.05, 3.63) is 36.0 Å². The van der Waals surface area contributed by atoms with E-state index in [-0.39, 0.29) is 5.92 Å². The highest BCUT2D eigenvalue weighted by Crippen LogP contribution is 2.22. The van der Waals surface area contributed by atoms with Crippen LogP contribution in [0.25, 0.3) is 10.9 Å². The maximum absolute atomic E-state index is 11.2. The van der Waals surface area contributed by atoms with E-state index in [1.807, 2.05) is 35.0 Å². The Morgan fingerprint density at radius 1 is 1.38 bits per heavy atom. The van der Waals surface area contributed by atoms with Gasteiger partial charge in [0.15, 0.2) is 6.29 Å². The molecule has 1 saturated heterocycles. The fourth-order valence-electron chi connectivity index (χ4n) is 3.09. The number of para-hydroxylation sites is 1. The van der Waals surface area contributed by atoms with Gasteiger partial charge in [-0.25, -0.2) is 0 Å². The molecule has 1 aliphatic heterocycles. The molecule has 0 aliphatic carbocycles. The molecule has 1 atom stereocenters. The topological polar surface area (TPSA) is 62.5 Å². The standard InChI is InChI=1S/C16H18N2O3/c19-10-13-9-18(15-6-2-1-5-14(13)15)11-17-7-3-4-12(8-17)16(20)21/h1-2,5-6,9-10,12H,3-4,7-8,11H2,(H,20,21). The molecule has 110 valence electrons. The minimum atomic E-state index is -0.717. The molecule has 5 heteroatoms. The van der Waals surface area contributed by atoms with E-state index in [4.69, 9.17) is 5.11 Å². The SMILES string of the molecule is O=Cc1cn(CN2CCCC(C(=O)O)C2)c2ccccc12. The zero-order valence-corrected chi connectivity index (χ0v) is 11.7. The molecule has 0 radical (unpaired) electrons. The summed E-state index contributed by atoms with van der Waals surface area (Å²) >= 11 is 0. The van der Waals surface area contributed by atoms with Crippen molar-refractivity contribution in [1.82, 2.24) is 9.47 Å². The number of hydrogen-bond acceptors (Lipinski definition) is 3. The third-order valence-electron chi connectivity index (χ3n) is 4.15. The molecule has 1 unspecified atom stereocenters. The molecule has 1 aliphatic rings. The quantitative estimate of drug-likeness (QED) is 0.875. The molecule has 1 aromatic heterocycles. The molecule has 1 fully saturated rings. The van der Waals surface area contributed by atoms with Crippen LogP contribution in [0.2, 0.25) is 0 Å². The number of aliphatic carboxylic acids is 1. The molecule has 1 N–H and O–H groups in total. The number of carbonyl (C=O) groups excluding carboxylic acids is 1. The Bertz CT molecular complexity index is 677. The number of piperidine rings is 1. The van der Waals surface area contributed by atoms with Crippen molar-refractivity contribution >= 4 is 23.2 Å². The number of carbonyl (C=O) groups is 2. The van der Waals surface area contributed by atoms with Gasteiger partial charge in [0.05, 0.1) is 12.6 Å². The van der Waals surface area contributed by atoms with E-state index in [1.54, 1.807) is 0 Å². The van der Waals surface area contributed by atoms with E-state index in [2.05, 4.69) is 4.90 Å². The Morgan fingerprint density at radius 3 is 2.95 bits per heavy atom. The van der Waals surface area contributed by atoms with Crippen LogP contribution >= 0.6 is 0 Å². The first-order chi connectivity index (χ1) is 10.2. The second-order valence-corrected chi connectivity index (χ2v) is 5.59. The Hall–Kier alpha value is -2.14. The van der Waals surface area contributed by atoms with E-state index in [1.165, 1.54) is 0 Å². The largest absolute Gasteiger partial charge is 0.481 e. The third-order valence-corrected chi connectivity index (χ3v) is 4.15. The molecular formula is C16H18N2O3. The highest BCUT2D eigenvalue weighted by molar-refractivity contribution is 5.97. The first kappa shape index (κ1) is 13.8. The summed E-state index contributed by atoms with van der Waals surface area (Å²) in [6.07, 6.45) is 4.37. The van der Waals surface area contributed by atoms with Crippen molar-refractivity contribution in [1.29, 1.82) is 0 Å². The Kier molecular flexibility index (Phi) is 3.75. The van der Waals surface area contributed by atoms with E-state index in [9.17, 15) is 9.59 Å². The number of rotatable bonds is 4. The smallest absolute Gasteiger partial charge is 0.307 e. The summed E-state index contributed by atoms with van der Waals surface area (Å²) in [6.45, 7) is 2.09. The molecule has 0 spiro atoms. The number of fused-ring (bicyclic) bond motifs is 1. The lowest BCUT2D eigenvalue weighted by molar-refractivity contribution is -0.143. The number of nitrogens with zero attached hydrogens (tertiary/aromatic N) is 2. The van der Waals surface area contributed by atoms with Crippen LogP contribution in [0, 0.1) is 5.92 Å². The number of benzene rings is 1. The zero-order valence-electron chi connectivity index (χ0n) is 11.7. The molecule has 0 amide bonds. The highest BCUT2D eigenvalue weighted by atomic mass is 16.4. The van der Waals surface area contributed by atoms with E-state index < -0.39 is 5.97 Å². The number of aromatic nitrogens is 1. The summed E-state index contributed by atoms with van der Waals surface area (Å²) in [5, 5.41) is 10.1. The minimum absolute atomic E-state index is 0.286. The monoisotopic (exact) mass is 286 g/mol. The van der Waals surface area contributed by atoms with Gasteiger partial charge in [0.1, 0.15) is 0 Å². The van der Waals surface area contributed by atoms with Gasteiger partial charge >= 0.3 is 5.97 Å². The Morgan fingerprint density at radius 2 is 2.19 bits per heavy atom. The maximum Gasteiger partial charge on any atom is 0.307 e. The molecule has 2 aromatic rings. The predicted octanol–water partition coefficient (Wildman–Crippen LogP) is 2.21. The number of carboxylic acid groups (broad SMARTS) is 1. The first-order valence-corrected chi connectivity index (χ1v) is 7.17. The first-order valence-electron chi connectivity index (χ1n) is 7.17. The average Bonchev–Trinajstić information content (AvgIpc) is 2.86. The van der Waals surface area contributed by atoms with Crippen LogP contribution in [0.3, 0.4) is 0 Å². The van der Waals surface area contributed by atoms with Crippen LogP contribution in [0.4, 0.5) is 0 Å². The zero-order chi connectivity index (χ0) is 14.8. The summed E-state index contributed by atoms with van der Waals surface area (Å²) in [4.78, 5) is 24.4. The molecule has 21 heavy (non-hydrogen) atoms. The number of carboxylic acids is 1. The molecular weight excluding hydrogens is 268 g/mol.